The maximum absolute atomic E-state index is 6.14. The van der Waals surface area contributed by atoms with E-state index in [2.05, 4.69) is 37.3 Å². The Morgan fingerprint density at radius 3 is 2.74 bits per heavy atom. The van der Waals surface area contributed by atoms with Crippen LogP contribution in [0.5, 0.6) is 0 Å². The molecule has 2 unspecified atom stereocenters. The third-order valence-electron chi connectivity index (χ3n) is 3.73. The van der Waals surface area contributed by atoms with Gasteiger partial charge < -0.3 is 9.47 Å². The Kier molecular flexibility index (Phi) is 4.78. The summed E-state index contributed by atoms with van der Waals surface area (Å²) in [6.07, 6.45) is 6.82. The van der Waals surface area contributed by atoms with E-state index in [9.17, 15) is 0 Å². The van der Waals surface area contributed by atoms with Gasteiger partial charge in [-0.1, -0.05) is 56.2 Å². The third kappa shape index (κ3) is 3.46. The predicted octanol–water partition coefficient (Wildman–Crippen LogP) is 4.63. The van der Waals surface area contributed by atoms with Crippen LogP contribution in [0, 0.1) is 0 Å². The van der Waals surface area contributed by atoms with E-state index < -0.39 is 5.79 Å². The van der Waals surface area contributed by atoms with Gasteiger partial charge in [0.25, 0.3) is 0 Å². The lowest BCUT2D eigenvalue weighted by atomic mass is 9.98. The number of ether oxygens (including phenoxy) is 2. The first-order chi connectivity index (χ1) is 9.18. The van der Waals surface area contributed by atoms with Gasteiger partial charge in [0.15, 0.2) is 5.79 Å². The van der Waals surface area contributed by atoms with Crippen LogP contribution in [0.4, 0.5) is 0 Å². The minimum atomic E-state index is -0.488. The molecule has 2 heteroatoms. The fourth-order valence-corrected chi connectivity index (χ4v) is 2.53. The molecule has 104 valence electrons. The van der Waals surface area contributed by atoms with Gasteiger partial charge in [-0.05, 0) is 24.5 Å². The van der Waals surface area contributed by atoms with Crippen molar-refractivity contribution in [1.29, 1.82) is 0 Å². The molecule has 2 atom stereocenters. The highest BCUT2D eigenvalue weighted by molar-refractivity contribution is 5.29. The van der Waals surface area contributed by atoms with E-state index in [-0.39, 0.29) is 6.10 Å². The van der Waals surface area contributed by atoms with Gasteiger partial charge in [-0.25, -0.2) is 0 Å². The molecule has 2 nitrogen and oxygen atoms in total. The number of unbranched alkanes of at least 4 members (excludes halogenated alkanes) is 2. The Morgan fingerprint density at radius 2 is 2.11 bits per heavy atom. The Labute approximate surface area is 116 Å². The first-order valence-corrected chi connectivity index (χ1v) is 7.15. The van der Waals surface area contributed by atoms with Crippen molar-refractivity contribution in [3.05, 3.63) is 47.5 Å². The summed E-state index contributed by atoms with van der Waals surface area (Å²) >= 11 is 0. The molecule has 0 amide bonds. The van der Waals surface area contributed by atoms with Crippen molar-refractivity contribution in [1.82, 2.24) is 0 Å². The monoisotopic (exact) mass is 260 g/mol. The second-order valence-corrected chi connectivity index (χ2v) is 5.34. The zero-order chi connectivity index (χ0) is 13.7. The molecule has 1 heterocycles. The van der Waals surface area contributed by atoms with Gasteiger partial charge in [-0.2, -0.15) is 0 Å². The van der Waals surface area contributed by atoms with Crippen molar-refractivity contribution in [3.63, 3.8) is 0 Å². The smallest absolute Gasteiger partial charge is 0.170 e. The van der Waals surface area contributed by atoms with Crippen LogP contribution < -0.4 is 0 Å². The lowest BCUT2D eigenvalue weighted by molar-refractivity contribution is -0.199. The first kappa shape index (κ1) is 14.3. The van der Waals surface area contributed by atoms with E-state index in [1.54, 1.807) is 7.11 Å². The molecule has 1 aromatic rings. The van der Waals surface area contributed by atoms with Crippen molar-refractivity contribution in [2.45, 2.75) is 51.4 Å². The highest BCUT2D eigenvalue weighted by Crippen LogP contribution is 2.44. The van der Waals surface area contributed by atoms with E-state index in [4.69, 9.17) is 9.47 Å². The van der Waals surface area contributed by atoms with Crippen LogP contribution in [0.25, 0.3) is 0 Å². The molecule has 0 spiro atoms. The summed E-state index contributed by atoms with van der Waals surface area (Å²) in [5.41, 5.74) is 2.56. The number of hydrogen-bond acceptors (Lipinski definition) is 2. The summed E-state index contributed by atoms with van der Waals surface area (Å²) in [6, 6.07) is 10.4. The molecule has 0 N–H and O–H groups in total. The van der Waals surface area contributed by atoms with Gasteiger partial charge in [0.05, 0.1) is 0 Å². The number of allylic oxidation sites excluding steroid dienone is 1. The van der Waals surface area contributed by atoms with Crippen LogP contribution in [0.1, 0.15) is 51.2 Å². The Bertz CT molecular complexity index is 424. The van der Waals surface area contributed by atoms with Crippen LogP contribution in [0.2, 0.25) is 0 Å². The molecule has 1 aromatic carbocycles. The average Bonchev–Trinajstić information content (AvgIpc) is 2.78. The molecule has 1 fully saturated rings. The third-order valence-corrected chi connectivity index (χ3v) is 3.73. The van der Waals surface area contributed by atoms with Gasteiger partial charge in [0.1, 0.15) is 6.10 Å². The Hall–Kier alpha value is -1.12. The molecule has 0 bridgehead atoms. The van der Waals surface area contributed by atoms with Crippen molar-refractivity contribution in [3.8, 4) is 0 Å². The first-order valence-electron chi connectivity index (χ1n) is 7.15. The fourth-order valence-electron chi connectivity index (χ4n) is 2.53. The molecule has 19 heavy (non-hydrogen) atoms. The quantitative estimate of drug-likeness (QED) is 0.568. The Morgan fingerprint density at radius 1 is 1.37 bits per heavy atom. The van der Waals surface area contributed by atoms with E-state index in [0.717, 1.165) is 12.8 Å². The maximum Gasteiger partial charge on any atom is 0.170 e. The summed E-state index contributed by atoms with van der Waals surface area (Å²) < 4.78 is 11.7. The highest BCUT2D eigenvalue weighted by atomic mass is 16.7. The van der Waals surface area contributed by atoms with Gasteiger partial charge in [-0.3, -0.25) is 0 Å². The van der Waals surface area contributed by atoms with Crippen molar-refractivity contribution in [2.75, 3.05) is 7.11 Å². The zero-order valence-electron chi connectivity index (χ0n) is 12.2. The standard InChI is InChI=1S/C17H24O2/c1-4-5-7-12-15-13-17(2,18-3)19-16(15)14-10-8-6-9-11-14/h6,8-12,16H,4-5,7,13H2,1-3H3/b15-12+. The van der Waals surface area contributed by atoms with Crippen LogP contribution in [0.3, 0.4) is 0 Å². The van der Waals surface area contributed by atoms with E-state index >= 15 is 0 Å². The maximum atomic E-state index is 6.14. The molecule has 0 radical (unpaired) electrons. The number of methoxy groups -OCH3 is 1. The second-order valence-electron chi connectivity index (χ2n) is 5.34. The van der Waals surface area contributed by atoms with Crippen molar-refractivity contribution in [2.24, 2.45) is 0 Å². The normalized spacial score (nSPS) is 29.0. The Balaban J connectivity index is 2.20. The van der Waals surface area contributed by atoms with Crippen molar-refractivity contribution < 1.29 is 9.47 Å². The molecule has 0 aromatic heterocycles. The molecule has 2 rings (SSSR count). The molecule has 1 saturated heterocycles. The fraction of sp³-hybridized carbons (Fsp3) is 0.529. The number of benzene rings is 1. The van der Waals surface area contributed by atoms with Crippen LogP contribution in [0.15, 0.2) is 42.0 Å². The highest BCUT2D eigenvalue weighted by Gasteiger charge is 2.40. The van der Waals surface area contributed by atoms with E-state index in [0.29, 0.717) is 0 Å². The summed E-state index contributed by atoms with van der Waals surface area (Å²) in [5.74, 6) is -0.488. The van der Waals surface area contributed by atoms with Crippen LogP contribution in [-0.4, -0.2) is 12.9 Å². The predicted molar refractivity (Wildman–Crippen MR) is 77.9 cm³/mol. The summed E-state index contributed by atoms with van der Waals surface area (Å²) in [5, 5.41) is 0. The molecule has 0 aliphatic carbocycles. The lowest BCUT2D eigenvalue weighted by Gasteiger charge is -2.22. The largest absolute Gasteiger partial charge is 0.353 e. The summed E-state index contributed by atoms with van der Waals surface area (Å²) in [7, 11) is 1.72. The van der Waals surface area contributed by atoms with Crippen LogP contribution in [-0.2, 0) is 9.47 Å². The lowest BCUT2D eigenvalue weighted by Crippen LogP contribution is -2.25. The molecule has 1 aliphatic heterocycles. The molecule has 1 aliphatic rings. The molecular formula is C17H24O2. The summed E-state index contributed by atoms with van der Waals surface area (Å²) in [4.78, 5) is 0. The number of hydrogen-bond donors (Lipinski definition) is 0. The SMILES string of the molecule is CCCC/C=C1\CC(C)(OC)OC1c1ccccc1. The average molecular weight is 260 g/mol. The van der Waals surface area contributed by atoms with Crippen LogP contribution >= 0.6 is 0 Å². The minimum Gasteiger partial charge on any atom is -0.353 e. The second kappa shape index (κ2) is 6.36. The molecule has 0 saturated carbocycles. The minimum absolute atomic E-state index is 0.0445. The number of rotatable bonds is 5. The zero-order valence-corrected chi connectivity index (χ0v) is 12.2. The van der Waals surface area contributed by atoms with Gasteiger partial charge in [-0.15, -0.1) is 0 Å². The van der Waals surface area contributed by atoms with E-state index in [1.165, 1.54) is 24.0 Å². The molecular weight excluding hydrogens is 236 g/mol. The summed E-state index contributed by atoms with van der Waals surface area (Å²) in [6.45, 7) is 4.24. The van der Waals surface area contributed by atoms with Crippen molar-refractivity contribution >= 4 is 0 Å². The van der Waals surface area contributed by atoms with E-state index in [1.807, 2.05) is 13.0 Å². The topological polar surface area (TPSA) is 18.5 Å². The van der Waals surface area contributed by atoms with Gasteiger partial charge >= 0.3 is 0 Å². The van der Waals surface area contributed by atoms with Gasteiger partial charge in [0.2, 0.25) is 0 Å². The van der Waals surface area contributed by atoms with Gasteiger partial charge in [0, 0.05) is 13.5 Å².